The molecule has 0 unspecified atom stereocenters. The van der Waals surface area contributed by atoms with Gasteiger partial charge >= 0.3 is 5.63 Å². The van der Waals surface area contributed by atoms with Crippen LogP contribution in [0.2, 0.25) is 0 Å². The molecular formula is C23H20N2O3. The summed E-state index contributed by atoms with van der Waals surface area (Å²) >= 11 is 0. The number of hydrogen-bond donors (Lipinski definition) is 0. The van der Waals surface area contributed by atoms with E-state index in [4.69, 9.17) is 4.42 Å². The third kappa shape index (κ3) is 2.83. The molecule has 0 saturated heterocycles. The maximum absolute atomic E-state index is 12.6. The molecule has 3 heterocycles. The quantitative estimate of drug-likeness (QED) is 0.653. The summed E-state index contributed by atoms with van der Waals surface area (Å²) in [6.07, 6.45) is 8.50. The Hall–Kier alpha value is -3.21. The van der Waals surface area contributed by atoms with E-state index in [-0.39, 0.29) is 0 Å². The van der Waals surface area contributed by atoms with Crippen molar-refractivity contribution in [3.05, 3.63) is 68.7 Å². The van der Waals surface area contributed by atoms with Crippen LogP contribution in [0.1, 0.15) is 45.6 Å². The molecule has 2 aliphatic rings. The third-order valence-corrected chi connectivity index (χ3v) is 5.60. The number of carbonyl (C=O) groups excluding carboxylic acids is 1. The Bertz CT molecular complexity index is 1160. The van der Waals surface area contributed by atoms with Gasteiger partial charge in [-0.05, 0) is 49.0 Å². The molecule has 5 rings (SSSR count). The van der Waals surface area contributed by atoms with Crippen LogP contribution in [0, 0.1) is 0 Å². The topological polar surface area (TPSA) is 63.4 Å². The zero-order valence-electron chi connectivity index (χ0n) is 15.5. The van der Waals surface area contributed by atoms with Crippen molar-refractivity contribution in [1.82, 2.24) is 4.98 Å². The van der Waals surface area contributed by atoms with Gasteiger partial charge < -0.3 is 9.32 Å². The van der Waals surface area contributed by atoms with Gasteiger partial charge in [0.15, 0.2) is 5.58 Å². The Morgan fingerprint density at radius 2 is 1.75 bits per heavy atom. The minimum Gasteiger partial charge on any atom is -0.419 e. The monoisotopic (exact) mass is 372 g/mol. The van der Waals surface area contributed by atoms with Gasteiger partial charge in [0.1, 0.15) is 17.5 Å². The fourth-order valence-electron chi connectivity index (χ4n) is 4.30. The van der Waals surface area contributed by atoms with Crippen molar-refractivity contribution >= 4 is 35.2 Å². The first-order chi connectivity index (χ1) is 13.7. The second kappa shape index (κ2) is 6.75. The first-order valence-electron chi connectivity index (χ1n) is 9.71. The Balaban J connectivity index is 1.58. The molecule has 2 aromatic carbocycles. The number of carbonyl (C=O) groups is 1. The van der Waals surface area contributed by atoms with Crippen molar-refractivity contribution in [3.63, 3.8) is 0 Å². The van der Waals surface area contributed by atoms with Crippen LogP contribution in [0.3, 0.4) is 0 Å². The number of nitrogens with zero attached hydrogens (tertiary/aromatic N) is 2. The Labute approximate surface area is 162 Å². The highest BCUT2D eigenvalue weighted by Gasteiger charge is 2.27. The van der Waals surface area contributed by atoms with Crippen LogP contribution in [-0.2, 0) is 12.8 Å². The van der Waals surface area contributed by atoms with Crippen molar-refractivity contribution < 1.29 is 9.21 Å². The van der Waals surface area contributed by atoms with Gasteiger partial charge in [0, 0.05) is 29.9 Å². The number of aromatic nitrogens is 1. The second-order valence-electron chi connectivity index (χ2n) is 7.41. The van der Waals surface area contributed by atoms with Crippen molar-refractivity contribution in [2.75, 3.05) is 18.0 Å². The number of rotatable bonds is 3. The molecule has 0 spiro atoms. The predicted molar refractivity (Wildman–Crippen MR) is 110 cm³/mol. The van der Waals surface area contributed by atoms with E-state index in [0.29, 0.717) is 16.8 Å². The van der Waals surface area contributed by atoms with Crippen LogP contribution in [0.5, 0.6) is 0 Å². The van der Waals surface area contributed by atoms with E-state index in [2.05, 4.69) is 16.0 Å². The normalized spacial score (nSPS) is 15.8. The third-order valence-electron chi connectivity index (χ3n) is 5.60. The second-order valence-corrected chi connectivity index (χ2v) is 7.41. The predicted octanol–water partition coefficient (Wildman–Crippen LogP) is 3.87. The Kier molecular flexibility index (Phi) is 4.08. The standard InChI is InChI=1S/C23H20N2O3/c26-14-16-7-5-15(6-8-16)9-10-19-23(27)28-22-18-4-2-12-25-11-1-3-17(21(18)25)13-20(22)24-19/h5-10,13-14H,1-4,11-12H2/b10-9+. The van der Waals surface area contributed by atoms with Gasteiger partial charge in [0.2, 0.25) is 0 Å². The molecule has 0 fully saturated rings. The van der Waals surface area contributed by atoms with Crippen molar-refractivity contribution in [1.29, 1.82) is 0 Å². The summed E-state index contributed by atoms with van der Waals surface area (Å²) in [4.78, 5) is 30.4. The lowest BCUT2D eigenvalue weighted by Gasteiger charge is -2.36. The number of anilines is 1. The molecule has 0 radical (unpaired) electrons. The fraction of sp³-hybridized carbons (Fsp3) is 0.261. The molecule has 28 heavy (non-hydrogen) atoms. The molecule has 0 bridgehead atoms. The molecular weight excluding hydrogens is 352 g/mol. The van der Waals surface area contributed by atoms with Gasteiger partial charge in [-0.1, -0.05) is 30.3 Å². The Morgan fingerprint density at radius 1 is 1.00 bits per heavy atom. The number of fused-ring (bicyclic) bond motifs is 2. The van der Waals surface area contributed by atoms with E-state index in [1.807, 2.05) is 18.2 Å². The van der Waals surface area contributed by atoms with Crippen LogP contribution in [0.15, 0.2) is 39.5 Å². The average molecular weight is 372 g/mol. The van der Waals surface area contributed by atoms with Gasteiger partial charge in [0.25, 0.3) is 0 Å². The molecule has 5 heteroatoms. The first kappa shape index (κ1) is 16.9. The number of hydrogen-bond acceptors (Lipinski definition) is 5. The van der Waals surface area contributed by atoms with Crippen LogP contribution >= 0.6 is 0 Å². The molecule has 0 aliphatic carbocycles. The molecule has 140 valence electrons. The van der Waals surface area contributed by atoms with E-state index in [9.17, 15) is 9.59 Å². The van der Waals surface area contributed by atoms with Crippen LogP contribution in [0.25, 0.3) is 23.3 Å². The summed E-state index contributed by atoms with van der Waals surface area (Å²) in [5.74, 6) is 0. The lowest BCUT2D eigenvalue weighted by molar-refractivity contribution is 0.112. The van der Waals surface area contributed by atoms with E-state index < -0.39 is 5.63 Å². The van der Waals surface area contributed by atoms with Crippen LogP contribution in [-0.4, -0.2) is 24.4 Å². The van der Waals surface area contributed by atoms with Crippen LogP contribution < -0.4 is 10.5 Å². The van der Waals surface area contributed by atoms with E-state index in [0.717, 1.165) is 61.7 Å². The average Bonchev–Trinajstić information content (AvgIpc) is 2.73. The molecule has 2 aliphatic heterocycles. The largest absolute Gasteiger partial charge is 0.419 e. The molecule has 0 amide bonds. The Morgan fingerprint density at radius 3 is 2.54 bits per heavy atom. The first-order valence-corrected chi connectivity index (χ1v) is 9.71. The van der Waals surface area contributed by atoms with Gasteiger partial charge in [-0.15, -0.1) is 0 Å². The summed E-state index contributed by atoms with van der Waals surface area (Å²) in [5.41, 5.74) is 6.51. The highest BCUT2D eigenvalue weighted by Crippen LogP contribution is 2.39. The van der Waals surface area contributed by atoms with Gasteiger partial charge in [-0.3, -0.25) is 4.79 Å². The lowest BCUT2D eigenvalue weighted by atomic mass is 9.91. The maximum atomic E-state index is 12.6. The van der Waals surface area contributed by atoms with Gasteiger partial charge in [-0.2, -0.15) is 0 Å². The molecule has 3 aromatic rings. The summed E-state index contributed by atoms with van der Waals surface area (Å²) in [5, 5.41) is 0. The van der Waals surface area contributed by atoms with E-state index in [1.165, 1.54) is 11.3 Å². The van der Waals surface area contributed by atoms with Crippen molar-refractivity contribution in [3.8, 4) is 0 Å². The molecule has 1 aromatic heterocycles. The zero-order valence-corrected chi connectivity index (χ0v) is 15.5. The fourth-order valence-corrected chi connectivity index (χ4v) is 4.30. The highest BCUT2D eigenvalue weighted by molar-refractivity contribution is 5.86. The van der Waals surface area contributed by atoms with Crippen LogP contribution in [0.4, 0.5) is 5.69 Å². The van der Waals surface area contributed by atoms with Gasteiger partial charge in [-0.25, -0.2) is 9.78 Å². The summed E-state index contributed by atoms with van der Waals surface area (Å²) in [7, 11) is 0. The molecule has 0 saturated carbocycles. The highest BCUT2D eigenvalue weighted by atomic mass is 16.4. The molecule has 0 atom stereocenters. The smallest absolute Gasteiger partial charge is 0.362 e. The van der Waals surface area contributed by atoms with E-state index >= 15 is 0 Å². The van der Waals surface area contributed by atoms with Crippen molar-refractivity contribution in [2.24, 2.45) is 0 Å². The number of aryl methyl sites for hydroxylation is 2. The maximum Gasteiger partial charge on any atom is 0.362 e. The van der Waals surface area contributed by atoms with Gasteiger partial charge in [0.05, 0.1) is 0 Å². The molecule has 0 N–H and O–H groups in total. The number of aldehydes is 1. The SMILES string of the molecule is O=Cc1ccc(/C=C/c2nc3cc4c5c(c3oc2=O)CCCN5CCC4)cc1. The number of benzene rings is 2. The summed E-state index contributed by atoms with van der Waals surface area (Å²) in [6, 6.07) is 9.23. The summed E-state index contributed by atoms with van der Waals surface area (Å²) < 4.78 is 5.75. The van der Waals surface area contributed by atoms with Crippen molar-refractivity contribution in [2.45, 2.75) is 25.7 Å². The lowest BCUT2D eigenvalue weighted by Crippen LogP contribution is -2.34. The zero-order chi connectivity index (χ0) is 19.1. The minimum atomic E-state index is -0.419. The molecule has 5 nitrogen and oxygen atoms in total. The summed E-state index contributed by atoms with van der Waals surface area (Å²) in [6.45, 7) is 2.15. The minimum absolute atomic E-state index is 0.294. The van der Waals surface area contributed by atoms with E-state index in [1.54, 1.807) is 18.2 Å².